The standard InChI is InChI=1S/C16H18N2O5S3/c1-2-17(11-5-7-26(22,23)10-11)14(19)9-18-15(20)13(25-16(18)21)8-12-4-3-6-24-12/h3-4,6,8,11H,2,5,7,9-10H2,1H3/b13-8-/t11-/m1/s1. The minimum atomic E-state index is -3.12. The fourth-order valence-corrected chi connectivity index (χ4v) is 6.32. The molecule has 1 atom stereocenters. The van der Waals surface area contributed by atoms with E-state index in [1.807, 2.05) is 17.5 Å². The fraction of sp³-hybridized carbons (Fsp3) is 0.438. The lowest BCUT2D eigenvalue weighted by molar-refractivity contribution is -0.137. The van der Waals surface area contributed by atoms with E-state index in [9.17, 15) is 22.8 Å². The highest BCUT2D eigenvalue weighted by molar-refractivity contribution is 8.18. The summed E-state index contributed by atoms with van der Waals surface area (Å²) in [4.78, 5) is 40.8. The number of thiophene rings is 1. The number of likely N-dealkylation sites (N-methyl/N-ethyl adjacent to an activating group) is 1. The largest absolute Gasteiger partial charge is 0.337 e. The molecule has 0 saturated carbocycles. The summed E-state index contributed by atoms with van der Waals surface area (Å²) < 4.78 is 23.3. The molecule has 0 bridgehead atoms. The molecule has 3 amide bonds. The molecular weight excluding hydrogens is 396 g/mol. The Hall–Kier alpha value is -1.65. The predicted octanol–water partition coefficient (Wildman–Crippen LogP) is 1.82. The van der Waals surface area contributed by atoms with Crippen molar-refractivity contribution in [1.29, 1.82) is 0 Å². The molecule has 0 unspecified atom stereocenters. The van der Waals surface area contributed by atoms with Crippen molar-refractivity contribution >= 4 is 56.1 Å². The quantitative estimate of drug-likeness (QED) is 0.683. The Labute approximate surface area is 160 Å². The lowest BCUT2D eigenvalue weighted by Gasteiger charge is -2.28. The van der Waals surface area contributed by atoms with Gasteiger partial charge in [-0.3, -0.25) is 19.3 Å². The number of imide groups is 1. The van der Waals surface area contributed by atoms with Gasteiger partial charge in [0.15, 0.2) is 9.84 Å². The molecule has 3 heterocycles. The Kier molecular flexibility index (Phi) is 5.54. The van der Waals surface area contributed by atoms with Crippen LogP contribution in [0.4, 0.5) is 4.79 Å². The zero-order valence-corrected chi connectivity index (χ0v) is 16.5. The number of rotatable bonds is 5. The molecule has 0 aromatic carbocycles. The Morgan fingerprint density at radius 2 is 2.19 bits per heavy atom. The van der Waals surface area contributed by atoms with Gasteiger partial charge in [0.25, 0.3) is 11.1 Å². The number of carbonyl (C=O) groups is 3. The number of amides is 3. The van der Waals surface area contributed by atoms with E-state index >= 15 is 0 Å². The van der Waals surface area contributed by atoms with E-state index in [1.54, 1.807) is 13.0 Å². The van der Waals surface area contributed by atoms with Crippen molar-refractivity contribution in [3.63, 3.8) is 0 Å². The van der Waals surface area contributed by atoms with Gasteiger partial charge < -0.3 is 4.90 Å². The predicted molar refractivity (Wildman–Crippen MR) is 101 cm³/mol. The van der Waals surface area contributed by atoms with Crippen LogP contribution in [0, 0.1) is 0 Å². The first-order chi connectivity index (χ1) is 12.3. The average molecular weight is 415 g/mol. The monoisotopic (exact) mass is 414 g/mol. The molecule has 26 heavy (non-hydrogen) atoms. The van der Waals surface area contributed by atoms with Crippen LogP contribution in [0.25, 0.3) is 6.08 Å². The van der Waals surface area contributed by atoms with Crippen molar-refractivity contribution in [3.8, 4) is 0 Å². The van der Waals surface area contributed by atoms with Crippen LogP contribution in [-0.4, -0.2) is 65.9 Å². The van der Waals surface area contributed by atoms with Crippen LogP contribution in [0.3, 0.4) is 0 Å². The summed E-state index contributed by atoms with van der Waals surface area (Å²) in [6.45, 7) is 1.73. The number of nitrogens with zero attached hydrogens (tertiary/aromatic N) is 2. The lowest BCUT2D eigenvalue weighted by Crippen LogP contribution is -2.47. The van der Waals surface area contributed by atoms with E-state index in [0.717, 1.165) is 21.5 Å². The topological polar surface area (TPSA) is 91.8 Å². The molecular formula is C16H18N2O5S3. The van der Waals surface area contributed by atoms with E-state index in [1.165, 1.54) is 16.2 Å². The van der Waals surface area contributed by atoms with Gasteiger partial charge in [-0.2, -0.15) is 0 Å². The Bertz CT molecular complexity index is 860. The van der Waals surface area contributed by atoms with Crippen LogP contribution in [0.1, 0.15) is 18.2 Å². The van der Waals surface area contributed by atoms with Crippen molar-refractivity contribution in [2.24, 2.45) is 0 Å². The Morgan fingerprint density at radius 3 is 2.77 bits per heavy atom. The van der Waals surface area contributed by atoms with Crippen molar-refractivity contribution < 1.29 is 22.8 Å². The summed E-state index contributed by atoms with van der Waals surface area (Å²) in [5.41, 5.74) is 0. The second-order valence-electron chi connectivity index (χ2n) is 6.02. The Balaban J connectivity index is 1.70. The maximum absolute atomic E-state index is 12.6. The molecule has 0 N–H and O–H groups in total. The maximum Gasteiger partial charge on any atom is 0.294 e. The second-order valence-corrected chi connectivity index (χ2v) is 10.2. The summed E-state index contributed by atoms with van der Waals surface area (Å²) in [5.74, 6) is -0.898. The number of thioether (sulfide) groups is 1. The summed E-state index contributed by atoms with van der Waals surface area (Å²) >= 11 is 2.26. The molecule has 0 aliphatic carbocycles. The summed E-state index contributed by atoms with van der Waals surface area (Å²) in [6, 6.07) is 3.29. The molecule has 2 fully saturated rings. The highest BCUT2D eigenvalue weighted by Gasteiger charge is 2.39. The fourth-order valence-electron chi connectivity index (χ4n) is 3.02. The molecule has 0 spiro atoms. The molecule has 2 aliphatic rings. The van der Waals surface area contributed by atoms with Crippen LogP contribution in [0.5, 0.6) is 0 Å². The minimum Gasteiger partial charge on any atom is -0.337 e. The number of hydrogen-bond donors (Lipinski definition) is 0. The molecule has 0 radical (unpaired) electrons. The zero-order valence-electron chi connectivity index (χ0n) is 14.1. The third kappa shape index (κ3) is 4.02. The first kappa shape index (κ1) is 19.1. The molecule has 7 nitrogen and oxygen atoms in total. The third-order valence-electron chi connectivity index (χ3n) is 4.29. The normalized spacial score (nSPS) is 23.8. The van der Waals surface area contributed by atoms with Crippen molar-refractivity contribution in [2.75, 3.05) is 24.6 Å². The highest BCUT2D eigenvalue weighted by Crippen LogP contribution is 2.33. The molecule has 140 valence electrons. The van der Waals surface area contributed by atoms with Gasteiger partial charge in [-0.15, -0.1) is 11.3 Å². The van der Waals surface area contributed by atoms with Gasteiger partial charge in [0.1, 0.15) is 6.54 Å². The molecule has 2 saturated heterocycles. The maximum atomic E-state index is 12.6. The smallest absolute Gasteiger partial charge is 0.294 e. The van der Waals surface area contributed by atoms with Crippen LogP contribution < -0.4 is 0 Å². The van der Waals surface area contributed by atoms with Gasteiger partial charge in [-0.05, 0) is 42.6 Å². The van der Waals surface area contributed by atoms with E-state index in [-0.39, 0.29) is 29.0 Å². The Morgan fingerprint density at radius 1 is 1.42 bits per heavy atom. The van der Waals surface area contributed by atoms with Gasteiger partial charge in [-0.1, -0.05) is 6.07 Å². The molecule has 3 rings (SSSR count). The molecule has 1 aromatic rings. The van der Waals surface area contributed by atoms with Gasteiger partial charge >= 0.3 is 0 Å². The van der Waals surface area contributed by atoms with Gasteiger partial charge in [-0.25, -0.2) is 8.42 Å². The summed E-state index contributed by atoms with van der Waals surface area (Å²) in [5, 5.41) is 1.38. The van der Waals surface area contributed by atoms with E-state index < -0.39 is 26.9 Å². The molecule has 2 aliphatic heterocycles. The zero-order chi connectivity index (χ0) is 18.9. The molecule has 10 heteroatoms. The van der Waals surface area contributed by atoms with E-state index in [4.69, 9.17) is 0 Å². The van der Waals surface area contributed by atoms with Crippen LogP contribution >= 0.6 is 23.1 Å². The first-order valence-corrected chi connectivity index (χ1v) is 11.6. The van der Waals surface area contributed by atoms with Crippen LogP contribution in [0.2, 0.25) is 0 Å². The van der Waals surface area contributed by atoms with Crippen LogP contribution in [-0.2, 0) is 19.4 Å². The number of sulfone groups is 1. The summed E-state index contributed by atoms with van der Waals surface area (Å²) in [7, 11) is -3.12. The van der Waals surface area contributed by atoms with Gasteiger partial charge in [0, 0.05) is 17.5 Å². The number of carbonyl (C=O) groups excluding carboxylic acids is 3. The third-order valence-corrected chi connectivity index (χ3v) is 7.77. The summed E-state index contributed by atoms with van der Waals surface area (Å²) in [6.07, 6.45) is 2.03. The van der Waals surface area contributed by atoms with Crippen molar-refractivity contribution in [1.82, 2.24) is 9.80 Å². The van der Waals surface area contributed by atoms with Crippen molar-refractivity contribution in [3.05, 3.63) is 27.3 Å². The van der Waals surface area contributed by atoms with Gasteiger partial charge in [0.05, 0.1) is 16.4 Å². The average Bonchev–Trinajstić information content (AvgIpc) is 3.26. The first-order valence-electron chi connectivity index (χ1n) is 8.09. The number of hydrogen-bond acceptors (Lipinski definition) is 7. The lowest BCUT2D eigenvalue weighted by atomic mass is 10.2. The van der Waals surface area contributed by atoms with Crippen LogP contribution in [0.15, 0.2) is 22.4 Å². The van der Waals surface area contributed by atoms with E-state index in [0.29, 0.717) is 13.0 Å². The van der Waals surface area contributed by atoms with Crippen molar-refractivity contribution in [2.45, 2.75) is 19.4 Å². The molecule has 1 aromatic heterocycles. The minimum absolute atomic E-state index is 0.0621. The second kappa shape index (κ2) is 7.53. The van der Waals surface area contributed by atoms with Gasteiger partial charge in [0.2, 0.25) is 5.91 Å². The SMILES string of the molecule is CCN(C(=O)CN1C(=O)S/C(=C\c2cccs2)C1=O)[C@@H]1CCS(=O)(=O)C1. The highest BCUT2D eigenvalue weighted by atomic mass is 32.2. The van der Waals surface area contributed by atoms with E-state index in [2.05, 4.69) is 0 Å².